The van der Waals surface area contributed by atoms with E-state index >= 15 is 0 Å². The molecule has 0 aliphatic rings. The van der Waals surface area contributed by atoms with Crippen LogP contribution in [0.1, 0.15) is 80.4 Å². The molecule has 18 nitrogen and oxygen atoms in total. The maximum atomic E-state index is 13.7. The van der Waals surface area contributed by atoms with Gasteiger partial charge in [-0.3, -0.25) is 19.6 Å². The Morgan fingerprint density at radius 2 is 0.932 bits per heavy atom. The number of fused-ring (bicyclic) bond motifs is 2. The van der Waals surface area contributed by atoms with E-state index in [2.05, 4.69) is 40.8 Å². The van der Waals surface area contributed by atoms with Crippen LogP contribution in [0.2, 0.25) is 0 Å². The van der Waals surface area contributed by atoms with Crippen molar-refractivity contribution in [2.45, 2.75) is 63.5 Å². The average Bonchev–Trinajstić information content (AvgIpc) is 3.96. The third-order valence-electron chi connectivity index (χ3n) is 11.8. The number of carbonyl (C=O) groups excluding carboxylic acids is 2. The number of aliphatic hydroxyl groups is 4. The Hall–Kier alpha value is -8.20. The lowest BCUT2D eigenvalue weighted by Crippen LogP contribution is -2.45. The van der Waals surface area contributed by atoms with Crippen LogP contribution in [0.5, 0.6) is 0 Å². The van der Waals surface area contributed by atoms with Crippen LogP contribution in [-0.4, -0.2) is 95.7 Å². The van der Waals surface area contributed by atoms with Gasteiger partial charge in [-0.1, -0.05) is 24.3 Å². The second-order valence-corrected chi connectivity index (χ2v) is 17.4. The van der Waals surface area contributed by atoms with Crippen molar-refractivity contribution in [3.63, 3.8) is 0 Å². The molecule has 10 N–H and O–H groups in total. The quantitative estimate of drug-likeness (QED) is 0.0642. The van der Waals surface area contributed by atoms with Crippen LogP contribution in [0.25, 0.3) is 33.5 Å². The molecule has 0 aliphatic heterocycles. The number of aryl methyl sites for hydroxylation is 2. The molecule has 0 saturated heterocycles. The van der Waals surface area contributed by atoms with Gasteiger partial charge in [-0.25, -0.2) is 27.8 Å². The maximum Gasteiger partial charge on any atom is 0.418 e. The molecule has 6 aromatic heterocycles. The highest BCUT2D eigenvalue weighted by Crippen LogP contribution is 2.40. The maximum absolute atomic E-state index is 13.7. The van der Waals surface area contributed by atoms with Crippen molar-refractivity contribution in [1.82, 2.24) is 49.8 Å². The van der Waals surface area contributed by atoms with Gasteiger partial charge in [0.15, 0.2) is 11.6 Å². The highest BCUT2D eigenvalue weighted by atomic mass is 19.4. The summed E-state index contributed by atoms with van der Waals surface area (Å²) in [5.41, 5.74) is 6.09. The van der Waals surface area contributed by atoms with E-state index in [1.54, 1.807) is 0 Å². The molecule has 4 atom stereocenters. The molecule has 26 heteroatoms. The standard InChI is InChI=1S/2C24H22F4N6O3/c2*1-12-16(22(36)31-10-23(2,37)20(35)13-3-5-15(25)6-4-13)7-14(9-30-12)18-8-17(24(26,27)28)19-21(29)32-11-33-34(18)19/h2*3-9,11,20,35,37H,10H2,1-2H3,(H,31,36)(H2,29,32,33). The Labute approximate surface area is 413 Å². The first-order chi connectivity index (χ1) is 34.6. The Kier molecular flexibility index (Phi) is 14.8. The van der Waals surface area contributed by atoms with Gasteiger partial charge in [0.25, 0.3) is 11.8 Å². The number of aromatic nitrogens is 8. The number of hydrogen-bond donors (Lipinski definition) is 8. The molecule has 0 radical (unpaired) electrons. The summed E-state index contributed by atoms with van der Waals surface area (Å²) < 4.78 is 110. The van der Waals surface area contributed by atoms with Gasteiger partial charge < -0.3 is 42.5 Å². The number of carbonyl (C=O) groups is 2. The Bertz CT molecular complexity index is 3160. The number of anilines is 2. The number of hydrogen-bond acceptors (Lipinski definition) is 14. The summed E-state index contributed by atoms with van der Waals surface area (Å²) in [6, 6.07) is 14.1. The van der Waals surface area contributed by atoms with Crippen LogP contribution in [-0.2, 0) is 12.4 Å². The average molecular weight is 1040 g/mol. The van der Waals surface area contributed by atoms with E-state index in [4.69, 9.17) is 11.5 Å². The summed E-state index contributed by atoms with van der Waals surface area (Å²) in [7, 11) is 0. The molecule has 4 unspecified atom stereocenters. The fourth-order valence-electron chi connectivity index (χ4n) is 7.70. The molecule has 0 aliphatic carbocycles. The van der Waals surface area contributed by atoms with E-state index in [0.29, 0.717) is 0 Å². The minimum atomic E-state index is -4.74. The van der Waals surface area contributed by atoms with E-state index in [-0.39, 0.29) is 67.8 Å². The fraction of sp³-hybridized carbons (Fsp3) is 0.250. The Balaban J connectivity index is 0.000000216. The van der Waals surface area contributed by atoms with Gasteiger partial charge in [0.2, 0.25) is 0 Å². The molecule has 388 valence electrons. The first-order valence-corrected chi connectivity index (χ1v) is 21.8. The van der Waals surface area contributed by atoms with Crippen LogP contribution in [0.4, 0.5) is 46.8 Å². The van der Waals surface area contributed by atoms with Gasteiger partial charge in [-0.2, -0.15) is 36.5 Å². The lowest BCUT2D eigenvalue weighted by molar-refractivity contribution is -0.137. The van der Waals surface area contributed by atoms with E-state index in [1.165, 1.54) is 76.5 Å². The smallest absolute Gasteiger partial charge is 0.385 e. The third kappa shape index (κ3) is 11.2. The van der Waals surface area contributed by atoms with E-state index in [9.17, 15) is 65.1 Å². The molecule has 74 heavy (non-hydrogen) atoms. The zero-order chi connectivity index (χ0) is 54.2. The molecule has 2 amide bonds. The number of rotatable bonds is 12. The number of nitrogens with zero attached hydrogens (tertiary/aromatic N) is 8. The zero-order valence-electron chi connectivity index (χ0n) is 39.2. The number of nitrogens with one attached hydrogen (secondary N) is 2. The molecular formula is C48H44F8N12O6. The van der Waals surface area contributed by atoms with Gasteiger partial charge in [-0.15, -0.1) is 0 Å². The summed E-state index contributed by atoms with van der Waals surface area (Å²) in [5, 5.41) is 55.2. The third-order valence-corrected chi connectivity index (χ3v) is 11.8. The van der Waals surface area contributed by atoms with Gasteiger partial charge in [0.05, 0.1) is 45.0 Å². The summed E-state index contributed by atoms with van der Waals surface area (Å²) in [5.74, 6) is -3.14. The molecule has 0 spiro atoms. The van der Waals surface area contributed by atoms with Crippen LogP contribution in [0.3, 0.4) is 0 Å². The van der Waals surface area contributed by atoms with Crippen molar-refractivity contribution in [3.8, 4) is 22.5 Å². The molecule has 8 rings (SSSR count). The normalized spacial score (nSPS) is 14.4. The molecule has 0 saturated carbocycles. The molecule has 0 bridgehead atoms. The number of nitrogens with two attached hydrogens (primary N) is 2. The second kappa shape index (κ2) is 20.4. The first kappa shape index (κ1) is 53.6. The van der Waals surface area contributed by atoms with E-state index in [0.717, 1.165) is 58.1 Å². The molecule has 0 fully saturated rings. The van der Waals surface area contributed by atoms with Crippen molar-refractivity contribution < 1.29 is 65.1 Å². The van der Waals surface area contributed by atoms with E-state index < -0.39 is 94.5 Å². The van der Waals surface area contributed by atoms with Crippen molar-refractivity contribution in [3.05, 3.63) is 154 Å². The lowest BCUT2D eigenvalue weighted by Gasteiger charge is -2.29. The molecule has 8 aromatic rings. The number of alkyl halides is 6. The topological polar surface area (TPSA) is 277 Å². The molecule has 6 heterocycles. The highest BCUT2D eigenvalue weighted by Gasteiger charge is 2.39. The molecular weight excluding hydrogens is 993 g/mol. The van der Waals surface area contributed by atoms with Crippen molar-refractivity contribution >= 4 is 34.5 Å². The predicted octanol–water partition coefficient (Wildman–Crippen LogP) is 6.11. The van der Waals surface area contributed by atoms with E-state index in [1.807, 2.05) is 0 Å². The first-order valence-electron chi connectivity index (χ1n) is 21.8. The van der Waals surface area contributed by atoms with Crippen LogP contribution in [0, 0.1) is 25.5 Å². The summed E-state index contributed by atoms with van der Waals surface area (Å²) in [6.07, 6.45) is -7.77. The number of amides is 2. The van der Waals surface area contributed by atoms with Crippen molar-refractivity contribution in [1.29, 1.82) is 0 Å². The summed E-state index contributed by atoms with van der Waals surface area (Å²) >= 11 is 0. The summed E-state index contributed by atoms with van der Waals surface area (Å²) in [4.78, 5) is 41.5. The Morgan fingerprint density at radius 1 is 0.595 bits per heavy atom. The largest absolute Gasteiger partial charge is 0.418 e. The highest BCUT2D eigenvalue weighted by molar-refractivity contribution is 5.97. The van der Waals surface area contributed by atoms with Gasteiger partial charge >= 0.3 is 12.4 Å². The Morgan fingerprint density at radius 3 is 1.26 bits per heavy atom. The van der Waals surface area contributed by atoms with Crippen LogP contribution < -0.4 is 22.1 Å². The summed E-state index contributed by atoms with van der Waals surface area (Å²) in [6.45, 7) is 4.84. The lowest BCUT2D eigenvalue weighted by atomic mass is 9.92. The minimum absolute atomic E-state index is 0.0169. The predicted molar refractivity (Wildman–Crippen MR) is 249 cm³/mol. The fourth-order valence-corrected chi connectivity index (χ4v) is 7.70. The van der Waals surface area contributed by atoms with Gasteiger partial charge in [0, 0.05) is 36.6 Å². The second-order valence-electron chi connectivity index (χ2n) is 17.4. The van der Waals surface area contributed by atoms with Crippen molar-refractivity contribution in [2.75, 3.05) is 24.6 Å². The van der Waals surface area contributed by atoms with Crippen LogP contribution in [0.15, 0.2) is 97.8 Å². The number of aliphatic hydroxyl groups excluding tert-OH is 2. The minimum Gasteiger partial charge on any atom is -0.385 e. The van der Waals surface area contributed by atoms with Gasteiger partial charge in [0.1, 0.15) is 58.7 Å². The van der Waals surface area contributed by atoms with Crippen molar-refractivity contribution in [2.24, 2.45) is 0 Å². The van der Waals surface area contributed by atoms with Gasteiger partial charge in [-0.05, 0) is 87.4 Å². The SMILES string of the molecule is Cc1ncc(-c2cc(C(F)(F)F)c3c(N)ncnn23)cc1C(=O)NCC(C)(O)C(O)c1ccc(F)cc1.Cc1ncc(-c2cc(C(F)(F)F)c3c(N)ncnn23)cc1C(=O)NCC(C)(O)C(O)c1ccc(F)cc1. The number of pyridine rings is 2. The number of nitrogen functional groups attached to an aromatic ring is 2. The monoisotopic (exact) mass is 1040 g/mol. The van der Waals surface area contributed by atoms with Crippen LogP contribution >= 0.6 is 0 Å². The molecule has 2 aromatic carbocycles. The zero-order valence-corrected chi connectivity index (χ0v) is 39.2. The number of halogens is 8. The number of benzene rings is 2.